The molecule has 2 aromatic carbocycles. The largest absolute Gasteiger partial charge is 0.365 e. The van der Waals surface area contributed by atoms with E-state index in [-0.39, 0.29) is 17.5 Å². The minimum Gasteiger partial charge on any atom is -0.365 e. The van der Waals surface area contributed by atoms with Gasteiger partial charge in [-0.2, -0.15) is 0 Å². The second-order valence-corrected chi connectivity index (χ2v) is 7.25. The molecule has 0 saturated carbocycles. The fraction of sp³-hybridized carbons (Fsp3) is 0.300. The van der Waals surface area contributed by atoms with Crippen molar-refractivity contribution >= 4 is 40.5 Å². The maximum Gasteiger partial charge on any atom is 0.272 e. The number of nitro benzene ring substituents is 1. The molecule has 1 heterocycles. The van der Waals surface area contributed by atoms with Gasteiger partial charge >= 0.3 is 0 Å². The molecule has 1 aliphatic rings. The van der Waals surface area contributed by atoms with Crippen LogP contribution in [0.5, 0.6) is 0 Å². The van der Waals surface area contributed by atoms with Crippen molar-refractivity contribution in [2.24, 2.45) is 0 Å². The zero-order valence-corrected chi connectivity index (χ0v) is 16.9. The van der Waals surface area contributed by atoms with Crippen molar-refractivity contribution in [1.29, 1.82) is 0 Å². The lowest BCUT2D eigenvalue weighted by molar-refractivity contribution is -0.385. The molecular weight excluding hydrogens is 396 g/mol. The summed E-state index contributed by atoms with van der Waals surface area (Å²) < 4.78 is 0. The minimum absolute atomic E-state index is 0.0332. The Morgan fingerprint density at radius 3 is 2.41 bits per heavy atom. The first kappa shape index (κ1) is 20.6. The van der Waals surface area contributed by atoms with E-state index in [1.807, 2.05) is 4.90 Å². The molecule has 0 spiro atoms. The van der Waals surface area contributed by atoms with Gasteiger partial charge in [0.25, 0.3) is 11.6 Å². The van der Waals surface area contributed by atoms with Crippen LogP contribution in [0.25, 0.3) is 0 Å². The molecule has 3 rings (SSSR count). The molecule has 1 saturated heterocycles. The molecule has 1 N–H and O–H groups in total. The molecule has 1 fully saturated rings. The van der Waals surface area contributed by atoms with Crippen LogP contribution in [0.2, 0.25) is 5.02 Å². The summed E-state index contributed by atoms with van der Waals surface area (Å²) in [6, 6.07) is 9.49. The van der Waals surface area contributed by atoms with Crippen molar-refractivity contribution in [3.05, 3.63) is 62.7 Å². The van der Waals surface area contributed by atoms with Gasteiger partial charge in [0.05, 0.1) is 21.3 Å². The molecule has 0 atom stereocenters. The average molecular weight is 417 g/mol. The first-order chi connectivity index (χ1) is 13.8. The Bertz CT molecular complexity index is 971. The smallest absolute Gasteiger partial charge is 0.272 e. The number of anilines is 2. The van der Waals surface area contributed by atoms with Crippen LogP contribution in [-0.4, -0.2) is 47.8 Å². The van der Waals surface area contributed by atoms with Gasteiger partial charge in [0, 0.05) is 50.3 Å². The summed E-state index contributed by atoms with van der Waals surface area (Å²) >= 11 is 6.42. The fourth-order valence-electron chi connectivity index (χ4n) is 3.38. The number of halogens is 1. The third-order valence-electron chi connectivity index (χ3n) is 4.93. The summed E-state index contributed by atoms with van der Waals surface area (Å²) in [5, 5.41) is 14.3. The number of carbonyl (C=O) groups is 2. The highest BCUT2D eigenvalue weighted by Crippen LogP contribution is 2.35. The molecule has 0 radical (unpaired) electrons. The highest BCUT2D eigenvalue weighted by molar-refractivity contribution is 6.34. The van der Waals surface area contributed by atoms with Crippen LogP contribution in [0.3, 0.4) is 0 Å². The Morgan fingerprint density at radius 1 is 1.14 bits per heavy atom. The maximum absolute atomic E-state index is 12.7. The molecule has 0 unspecified atom stereocenters. The van der Waals surface area contributed by atoms with E-state index in [0.29, 0.717) is 53.7 Å². The molecule has 2 amide bonds. The topological polar surface area (TPSA) is 95.8 Å². The maximum atomic E-state index is 12.7. The van der Waals surface area contributed by atoms with E-state index in [0.717, 1.165) is 0 Å². The van der Waals surface area contributed by atoms with E-state index in [4.69, 9.17) is 11.6 Å². The van der Waals surface area contributed by atoms with Crippen LogP contribution in [-0.2, 0) is 4.79 Å². The van der Waals surface area contributed by atoms with Gasteiger partial charge in [-0.05, 0) is 31.2 Å². The quantitative estimate of drug-likeness (QED) is 0.608. The molecule has 0 bridgehead atoms. The van der Waals surface area contributed by atoms with E-state index < -0.39 is 4.92 Å². The van der Waals surface area contributed by atoms with Gasteiger partial charge in [0.1, 0.15) is 0 Å². The lowest BCUT2D eigenvalue weighted by Gasteiger charge is -2.37. The van der Waals surface area contributed by atoms with Crippen molar-refractivity contribution in [3.63, 3.8) is 0 Å². The van der Waals surface area contributed by atoms with Crippen molar-refractivity contribution in [2.75, 3.05) is 36.4 Å². The van der Waals surface area contributed by atoms with E-state index >= 15 is 0 Å². The van der Waals surface area contributed by atoms with Gasteiger partial charge in [0.2, 0.25) is 5.91 Å². The number of para-hydroxylation sites is 1. The summed E-state index contributed by atoms with van der Waals surface area (Å²) in [5.74, 6) is -0.347. The van der Waals surface area contributed by atoms with Gasteiger partial charge in [-0.3, -0.25) is 19.7 Å². The summed E-state index contributed by atoms with van der Waals surface area (Å²) in [6.45, 7) is 5.49. The zero-order chi connectivity index (χ0) is 21.1. The number of hydrogen-bond donors (Lipinski definition) is 1. The monoisotopic (exact) mass is 416 g/mol. The van der Waals surface area contributed by atoms with Gasteiger partial charge in [0.15, 0.2) is 0 Å². The number of benzene rings is 2. The Balaban J connectivity index is 1.82. The van der Waals surface area contributed by atoms with Crippen molar-refractivity contribution in [2.45, 2.75) is 13.8 Å². The van der Waals surface area contributed by atoms with Crippen LogP contribution in [0, 0.1) is 17.0 Å². The number of piperazine rings is 1. The third-order valence-corrected chi connectivity index (χ3v) is 5.24. The first-order valence-corrected chi connectivity index (χ1v) is 9.51. The molecule has 8 nitrogen and oxygen atoms in total. The minimum atomic E-state index is -0.479. The second-order valence-electron chi connectivity index (χ2n) is 6.84. The van der Waals surface area contributed by atoms with Crippen molar-refractivity contribution in [1.82, 2.24) is 4.90 Å². The molecule has 0 aromatic heterocycles. The number of nitro groups is 1. The van der Waals surface area contributed by atoms with E-state index in [2.05, 4.69) is 5.32 Å². The summed E-state index contributed by atoms with van der Waals surface area (Å²) in [7, 11) is 0. The van der Waals surface area contributed by atoms with Gasteiger partial charge in [-0.1, -0.05) is 17.7 Å². The highest BCUT2D eigenvalue weighted by Gasteiger charge is 2.23. The first-order valence-electron chi connectivity index (χ1n) is 9.13. The molecule has 2 aromatic rings. The standard InChI is InChI=1S/C20H21ClN4O4/c1-13-12-15(6-7-18(13)25(28)29)20(27)22-17-5-3-4-16(21)19(17)24-10-8-23(9-11-24)14(2)26/h3-7,12H,8-11H2,1-2H3,(H,22,27). The number of amides is 2. The van der Waals surface area contributed by atoms with E-state index in [9.17, 15) is 19.7 Å². The van der Waals surface area contributed by atoms with Crippen LogP contribution in [0.1, 0.15) is 22.8 Å². The number of rotatable bonds is 4. The third kappa shape index (κ3) is 4.48. The van der Waals surface area contributed by atoms with Crippen molar-refractivity contribution < 1.29 is 14.5 Å². The summed E-state index contributed by atoms with van der Waals surface area (Å²) in [4.78, 5) is 38.6. The number of nitrogens with zero attached hydrogens (tertiary/aromatic N) is 3. The Labute approximate surface area is 173 Å². The van der Waals surface area contributed by atoms with Gasteiger partial charge < -0.3 is 15.1 Å². The molecular formula is C20H21ClN4O4. The predicted octanol–water partition coefficient (Wildman–Crippen LogP) is 3.48. The second kappa shape index (κ2) is 8.48. The van der Waals surface area contributed by atoms with E-state index in [1.54, 1.807) is 36.9 Å². The van der Waals surface area contributed by atoms with Crippen LogP contribution < -0.4 is 10.2 Å². The van der Waals surface area contributed by atoms with Crippen LogP contribution in [0.15, 0.2) is 36.4 Å². The summed E-state index contributed by atoms with van der Waals surface area (Å²) in [6.07, 6.45) is 0. The normalized spacial score (nSPS) is 13.9. The Hall–Kier alpha value is -3.13. The number of aryl methyl sites for hydroxylation is 1. The lowest BCUT2D eigenvalue weighted by atomic mass is 10.1. The predicted molar refractivity (Wildman–Crippen MR) is 112 cm³/mol. The Morgan fingerprint density at radius 2 is 1.83 bits per heavy atom. The molecule has 9 heteroatoms. The highest BCUT2D eigenvalue weighted by atomic mass is 35.5. The van der Waals surface area contributed by atoms with Crippen LogP contribution >= 0.6 is 11.6 Å². The van der Waals surface area contributed by atoms with E-state index in [1.165, 1.54) is 18.2 Å². The lowest BCUT2D eigenvalue weighted by Crippen LogP contribution is -2.48. The van der Waals surface area contributed by atoms with Gasteiger partial charge in [-0.15, -0.1) is 0 Å². The SMILES string of the molecule is CC(=O)N1CCN(c2c(Cl)cccc2NC(=O)c2ccc([N+](=O)[O-])c(C)c2)CC1. The zero-order valence-electron chi connectivity index (χ0n) is 16.1. The molecule has 0 aliphatic carbocycles. The number of carbonyl (C=O) groups excluding carboxylic acids is 2. The van der Waals surface area contributed by atoms with Gasteiger partial charge in [-0.25, -0.2) is 0 Å². The Kier molecular flexibility index (Phi) is 6.03. The fourth-order valence-corrected chi connectivity index (χ4v) is 3.67. The molecule has 29 heavy (non-hydrogen) atoms. The van der Waals surface area contributed by atoms with Crippen LogP contribution in [0.4, 0.5) is 17.1 Å². The number of hydrogen-bond acceptors (Lipinski definition) is 5. The molecule has 152 valence electrons. The van der Waals surface area contributed by atoms with Crippen molar-refractivity contribution in [3.8, 4) is 0 Å². The average Bonchev–Trinajstić information content (AvgIpc) is 2.68. The summed E-state index contributed by atoms with van der Waals surface area (Å²) in [5.41, 5.74) is 1.95. The molecule has 1 aliphatic heterocycles. The number of nitrogens with one attached hydrogen (secondary N) is 1.